The fourth-order valence-electron chi connectivity index (χ4n) is 3.31. The van der Waals surface area contributed by atoms with Gasteiger partial charge in [-0.25, -0.2) is 0 Å². The average molecular weight is 338 g/mol. The number of hydrogen-bond acceptors (Lipinski definition) is 3. The van der Waals surface area contributed by atoms with E-state index in [1.807, 2.05) is 48.2 Å². The Kier molecular flexibility index (Phi) is 5.71. The summed E-state index contributed by atoms with van der Waals surface area (Å²) in [5.74, 6) is 0.802. The van der Waals surface area contributed by atoms with Crippen LogP contribution < -0.4 is 4.74 Å². The van der Waals surface area contributed by atoms with Crippen molar-refractivity contribution in [2.75, 3.05) is 32.7 Å². The van der Waals surface area contributed by atoms with Crippen LogP contribution in [0.15, 0.2) is 55.1 Å². The molecule has 4 nitrogen and oxygen atoms in total. The van der Waals surface area contributed by atoms with E-state index in [0.29, 0.717) is 0 Å². The van der Waals surface area contributed by atoms with E-state index in [4.69, 9.17) is 4.74 Å². The normalized spacial score (nSPS) is 17.1. The maximum Gasteiger partial charge on any atom is 0.263 e. The van der Waals surface area contributed by atoms with E-state index >= 15 is 0 Å². The van der Waals surface area contributed by atoms with Gasteiger partial charge in [-0.2, -0.15) is 0 Å². The first kappa shape index (κ1) is 17.5. The lowest BCUT2D eigenvalue weighted by atomic mass is 10.1. The third-order valence-electron chi connectivity index (χ3n) is 4.67. The summed E-state index contributed by atoms with van der Waals surface area (Å²) in [7, 11) is 0. The first-order chi connectivity index (χ1) is 12.2. The molecule has 132 valence electrons. The number of carbonyl (C=O) groups excluding carboxylic acids is 1. The Morgan fingerprint density at radius 1 is 1.16 bits per heavy atom. The molecule has 1 saturated heterocycles. The van der Waals surface area contributed by atoms with Crippen molar-refractivity contribution in [2.45, 2.75) is 19.4 Å². The minimum absolute atomic E-state index is 0.0635. The summed E-state index contributed by atoms with van der Waals surface area (Å²) in [6.45, 7) is 9.95. The van der Waals surface area contributed by atoms with Crippen molar-refractivity contribution >= 4 is 16.7 Å². The number of benzene rings is 2. The zero-order chi connectivity index (χ0) is 17.6. The predicted molar refractivity (Wildman–Crippen MR) is 102 cm³/mol. The van der Waals surface area contributed by atoms with Crippen molar-refractivity contribution in [3.8, 4) is 5.75 Å². The van der Waals surface area contributed by atoms with Crippen molar-refractivity contribution in [1.29, 1.82) is 0 Å². The second kappa shape index (κ2) is 8.17. The van der Waals surface area contributed by atoms with Gasteiger partial charge in [-0.05, 0) is 36.2 Å². The number of carbonyl (C=O) groups is 1. The van der Waals surface area contributed by atoms with Crippen LogP contribution in [0.5, 0.6) is 5.75 Å². The molecular weight excluding hydrogens is 312 g/mol. The Balaban J connectivity index is 1.62. The molecule has 0 N–H and O–H groups in total. The minimum Gasteiger partial charge on any atom is -0.481 e. The lowest BCUT2D eigenvalue weighted by Crippen LogP contribution is -2.42. The predicted octanol–water partition coefficient (Wildman–Crippen LogP) is 3.33. The molecule has 1 unspecified atom stereocenters. The van der Waals surface area contributed by atoms with Crippen molar-refractivity contribution in [1.82, 2.24) is 9.80 Å². The maximum absolute atomic E-state index is 12.7. The molecule has 0 bridgehead atoms. The van der Waals surface area contributed by atoms with Crippen molar-refractivity contribution in [3.63, 3.8) is 0 Å². The number of amides is 1. The van der Waals surface area contributed by atoms with E-state index in [2.05, 4.69) is 23.6 Å². The summed E-state index contributed by atoms with van der Waals surface area (Å²) in [6, 6.07) is 14.1. The van der Waals surface area contributed by atoms with Crippen LogP contribution in [0.2, 0.25) is 0 Å². The number of nitrogens with zero attached hydrogens (tertiary/aromatic N) is 2. The van der Waals surface area contributed by atoms with Gasteiger partial charge in [0.25, 0.3) is 5.91 Å². The highest BCUT2D eigenvalue weighted by Crippen LogP contribution is 2.22. The molecule has 3 rings (SSSR count). The molecule has 0 radical (unpaired) electrons. The number of fused-ring (bicyclic) bond motifs is 1. The van der Waals surface area contributed by atoms with Gasteiger partial charge in [-0.15, -0.1) is 6.58 Å². The van der Waals surface area contributed by atoms with E-state index in [-0.39, 0.29) is 5.91 Å². The Hall–Kier alpha value is -2.33. The van der Waals surface area contributed by atoms with Crippen molar-refractivity contribution in [2.24, 2.45) is 0 Å². The molecule has 0 spiro atoms. The first-order valence-electron chi connectivity index (χ1n) is 8.95. The molecule has 1 aliphatic heterocycles. The van der Waals surface area contributed by atoms with Gasteiger partial charge in [0.1, 0.15) is 5.75 Å². The zero-order valence-corrected chi connectivity index (χ0v) is 14.9. The smallest absolute Gasteiger partial charge is 0.263 e. The molecule has 0 saturated carbocycles. The molecule has 2 aromatic rings. The molecule has 0 aromatic heterocycles. The van der Waals surface area contributed by atoms with Crippen LogP contribution in [0.3, 0.4) is 0 Å². The summed E-state index contributed by atoms with van der Waals surface area (Å²) in [6.07, 6.45) is 2.43. The number of ether oxygens (including phenoxy) is 1. The fourth-order valence-corrected chi connectivity index (χ4v) is 3.31. The Morgan fingerprint density at radius 2 is 1.96 bits per heavy atom. The van der Waals surface area contributed by atoms with Crippen LogP contribution in [0, 0.1) is 0 Å². The lowest BCUT2D eigenvalue weighted by Gasteiger charge is -2.25. The van der Waals surface area contributed by atoms with Gasteiger partial charge in [0, 0.05) is 32.7 Å². The average Bonchev–Trinajstić information content (AvgIpc) is 2.87. The molecule has 2 aromatic carbocycles. The number of rotatable bonds is 5. The van der Waals surface area contributed by atoms with Gasteiger partial charge >= 0.3 is 0 Å². The van der Waals surface area contributed by atoms with E-state index in [1.54, 1.807) is 0 Å². The molecule has 1 atom stereocenters. The van der Waals surface area contributed by atoms with Crippen molar-refractivity contribution in [3.05, 3.63) is 55.1 Å². The van der Waals surface area contributed by atoms with Gasteiger partial charge < -0.3 is 9.64 Å². The molecular formula is C21H26N2O2. The standard InChI is InChI=1S/C21H26N2O2/c1-3-11-22-12-6-13-23(15-14-22)21(24)17(2)25-20-10-9-18-7-4-5-8-19(18)16-20/h3-5,7-10,16-17H,1,6,11-15H2,2H3. The van der Waals surface area contributed by atoms with Crippen LogP contribution >= 0.6 is 0 Å². The molecule has 4 heteroatoms. The molecule has 1 aliphatic rings. The van der Waals surface area contributed by atoms with E-state index < -0.39 is 6.10 Å². The maximum atomic E-state index is 12.7. The number of hydrogen-bond donors (Lipinski definition) is 0. The molecule has 1 amide bonds. The Labute approximate surface area is 149 Å². The SMILES string of the molecule is C=CCN1CCCN(C(=O)C(C)Oc2ccc3ccccc3c2)CC1. The van der Waals surface area contributed by atoms with Crippen LogP contribution in [-0.4, -0.2) is 54.5 Å². The van der Waals surface area contributed by atoms with E-state index in [1.165, 1.54) is 5.39 Å². The highest BCUT2D eigenvalue weighted by Gasteiger charge is 2.24. The van der Waals surface area contributed by atoms with E-state index in [9.17, 15) is 4.79 Å². The molecule has 1 fully saturated rings. The second-order valence-corrected chi connectivity index (χ2v) is 6.54. The van der Waals surface area contributed by atoms with Crippen molar-refractivity contribution < 1.29 is 9.53 Å². The third kappa shape index (κ3) is 4.40. The molecule has 25 heavy (non-hydrogen) atoms. The zero-order valence-electron chi connectivity index (χ0n) is 14.9. The van der Waals surface area contributed by atoms with Gasteiger partial charge in [0.05, 0.1) is 0 Å². The van der Waals surface area contributed by atoms with Gasteiger partial charge in [-0.3, -0.25) is 9.69 Å². The monoisotopic (exact) mass is 338 g/mol. The summed E-state index contributed by atoms with van der Waals surface area (Å²) in [5.41, 5.74) is 0. The van der Waals surface area contributed by atoms with Crippen LogP contribution in [0.25, 0.3) is 10.8 Å². The third-order valence-corrected chi connectivity index (χ3v) is 4.67. The quantitative estimate of drug-likeness (QED) is 0.784. The lowest BCUT2D eigenvalue weighted by molar-refractivity contribution is -0.137. The van der Waals surface area contributed by atoms with Crippen LogP contribution in [0.1, 0.15) is 13.3 Å². The summed E-state index contributed by atoms with van der Waals surface area (Å²) >= 11 is 0. The minimum atomic E-state index is -0.480. The second-order valence-electron chi connectivity index (χ2n) is 6.54. The fraction of sp³-hybridized carbons (Fsp3) is 0.381. The Bertz CT molecular complexity index is 744. The van der Waals surface area contributed by atoms with Gasteiger partial charge in [-0.1, -0.05) is 36.4 Å². The molecule has 1 heterocycles. The summed E-state index contributed by atoms with van der Waals surface area (Å²) in [5, 5.41) is 2.29. The largest absolute Gasteiger partial charge is 0.481 e. The highest BCUT2D eigenvalue weighted by molar-refractivity contribution is 5.84. The van der Waals surface area contributed by atoms with E-state index in [0.717, 1.165) is 50.3 Å². The van der Waals surface area contributed by atoms with Crippen LogP contribution in [0.4, 0.5) is 0 Å². The topological polar surface area (TPSA) is 32.8 Å². The molecule has 0 aliphatic carbocycles. The highest BCUT2D eigenvalue weighted by atomic mass is 16.5. The summed E-state index contributed by atoms with van der Waals surface area (Å²) in [4.78, 5) is 17.0. The van der Waals surface area contributed by atoms with Gasteiger partial charge in [0.2, 0.25) is 0 Å². The first-order valence-corrected chi connectivity index (χ1v) is 8.95. The van der Waals surface area contributed by atoms with Gasteiger partial charge in [0.15, 0.2) is 6.10 Å². The Morgan fingerprint density at radius 3 is 2.76 bits per heavy atom. The summed E-state index contributed by atoms with van der Waals surface area (Å²) < 4.78 is 5.93. The van der Waals surface area contributed by atoms with Crippen LogP contribution in [-0.2, 0) is 4.79 Å².